The van der Waals surface area contributed by atoms with Crippen molar-refractivity contribution in [3.05, 3.63) is 59.5 Å². The zero-order valence-electron chi connectivity index (χ0n) is 10.1. The highest BCUT2D eigenvalue weighted by molar-refractivity contribution is 5.93. The molecule has 0 aliphatic carbocycles. The number of nitrogens with zero attached hydrogens (tertiary/aromatic N) is 1. The van der Waals surface area contributed by atoms with Gasteiger partial charge in [-0.1, -0.05) is 12.1 Å². The molecule has 1 heterocycles. The molecule has 1 aromatic carbocycles. The van der Waals surface area contributed by atoms with Gasteiger partial charge in [0.1, 0.15) is 11.6 Å². The summed E-state index contributed by atoms with van der Waals surface area (Å²) in [7, 11) is 0. The van der Waals surface area contributed by atoms with Crippen molar-refractivity contribution in [3.8, 4) is 0 Å². The fourth-order valence-electron chi connectivity index (χ4n) is 1.54. The van der Waals surface area contributed by atoms with Gasteiger partial charge in [0.15, 0.2) is 0 Å². The van der Waals surface area contributed by atoms with Crippen molar-refractivity contribution in [1.29, 1.82) is 0 Å². The van der Waals surface area contributed by atoms with Gasteiger partial charge in [-0.3, -0.25) is 4.79 Å². The summed E-state index contributed by atoms with van der Waals surface area (Å²) in [5.41, 5.74) is 3.48. The van der Waals surface area contributed by atoms with Crippen molar-refractivity contribution < 1.29 is 9.18 Å². The molecule has 0 fully saturated rings. The molecule has 0 spiro atoms. The van der Waals surface area contributed by atoms with Gasteiger partial charge in [0.2, 0.25) is 0 Å². The number of rotatable bonds is 4. The first-order valence-electron chi connectivity index (χ1n) is 5.64. The lowest BCUT2D eigenvalue weighted by Crippen LogP contribution is -2.23. The number of hydrazine groups is 1. The van der Waals surface area contributed by atoms with Crippen LogP contribution in [0, 0.1) is 5.82 Å². The number of amides is 1. The molecule has 0 atom stereocenters. The highest BCUT2D eigenvalue weighted by Crippen LogP contribution is 2.05. The second-order valence-corrected chi connectivity index (χ2v) is 3.89. The minimum atomic E-state index is -0.327. The molecule has 0 aliphatic rings. The highest BCUT2D eigenvalue weighted by atomic mass is 19.1. The predicted molar refractivity (Wildman–Crippen MR) is 69.6 cm³/mol. The third-order valence-corrected chi connectivity index (χ3v) is 2.52. The predicted octanol–water partition coefficient (Wildman–Crippen LogP) is 1.44. The number of pyridine rings is 1. The summed E-state index contributed by atoms with van der Waals surface area (Å²) in [6, 6.07) is 9.26. The summed E-state index contributed by atoms with van der Waals surface area (Å²) in [5, 5.41) is 2.68. The Morgan fingerprint density at radius 1 is 1.32 bits per heavy atom. The lowest BCUT2D eigenvalue weighted by atomic mass is 10.2. The van der Waals surface area contributed by atoms with Gasteiger partial charge in [-0.15, -0.1) is 0 Å². The Hall–Kier alpha value is -2.47. The van der Waals surface area contributed by atoms with Crippen LogP contribution in [-0.2, 0) is 6.54 Å². The number of aromatic nitrogens is 1. The molecule has 0 radical (unpaired) electrons. The Morgan fingerprint density at radius 3 is 2.79 bits per heavy atom. The Balaban J connectivity index is 1.97. The van der Waals surface area contributed by atoms with Crippen LogP contribution >= 0.6 is 0 Å². The lowest BCUT2D eigenvalue weighted by Gasteiger charge is -2.06. The first-order chi connectivity index (χ1) is 9.19. The summed E-state index contributed by atoms with van der Waals surface area (Å²) in [6.07, 6.45) is 1.41. The van der Waals surface area contributed by atoms with Crippen LogP contribution in [0.4, 0.5) is 10.2 Å². The maximum atomic E-state index is 13.0. The zero-order valence-corrected chi connectivity index (χ0v) is 10.1. The fraction of sp³-hybridized carbons (Fsp3) is 0.0769. The molecule has 1 aromatic heterocycles. The van der Waals surface area contributed by atoms with Gasteiger partial charge in [0.25, 0.3) is 5.91 Å². The van der Waals surface area contributed by atoms with Crippen molar-refractivity contribution in [1.82, 2.24) is 10.3 Å². The molecule has 5 nitrogen and oxygen atoms in total. The van der Waals surface area contributed by atoms with E-state index in [0.29, 0.717) is 16.9 Å². The minimum absolute atomic E-state index is 0.257. The number of nitrogen functional groups attached to an aromatic ring is 1. The van der Waals surface area contributed by atoms with Gasteiger partial charge in [-0.05, 0) is 29.8 Å². The normalized spacial score (nSPS) is 10.0. The van der Waals surface area contributed by atoms with E-state index in [4.69, 9.17) is 5.84 Å². The van der Waals surface area contributed by atoms with Crippen LogP contribution in [0.2, 0.25) is 0 Å². The van der Waals surface area contributed by atoms with Gasteiger partial charge >= 0.3 is 0 Å². The van der Waals surface area contributed by atoms with Gasteiger partial charge in [0.05, 0.1) is 5.56 Å². The second-order valence-electron chi connectivity index (χ2n) is 3.89. The Kier molecular flexibility index (Phi) is 4.04. The van der Waals surface area contributed by atoms with Crippen LogP contribution in [0.25, 0.3) is 0 Å². The van der Waals surface area contributed by atoms with Crippen molar-refractivity contribution in [2.45, 2.75) is 6.54 Å². The van der Waals surface area contributed by atoms with E-state index in [2.05, 4.69) is 15.7 Å². The largest absolute Gasteiger partial charge is 0.348 e. The van der Waals surface area contributed by atoms with Crippen LogP contribution in [-0.4, -0.2) is 10.9 Å². The molecule has 0 unspecified atom stereocenters. The number of nitrogens with two attached hydrogens (primary N) is 1. The number of carbonyl (C=O) groups is 1. The molecule has 0 saturated heterocycles. The molecule has 6 heteroatoms. The van der Waals surface area contributed by atoms with E-state index in [9.17, 15) is 9.18 Å². The van der Waals surface area contributed by atoms with Crippen molar-refractivity contribution in [2.75, 3.05) is 5.43 Å². The van der Waals surface area contributed by atoms with Gasteiger partial charge in [0, 0.05) is 12.7 Å². The smallest absolute Gasteiger partial charge is 0.253 e. The van der Waals surface area contributed by atoms with Crippen LogP contribution in [0.3, 0.4) is 0 Å². The van der Waals surface area contributed by atoms with Crippen LogP contribution in [0.1, 0.15) is 15.9 Å². The molecule has 98 valence electrons. The molecule has 2 aromatic rings. The number of hydrogen-bond acceptors (Lipinski definition) is 4. The number of anilines is 1. The van der Waals surface area contributed by atoms with E-state index >= 15 is 0 Å². The van der Waals surface area contributed by atoms with Gasteiger partial charge in [-0.2, -0.15) is 0 Å². The molecule has 0 aliphatic heterocycles. The Morgan fingerprint density at radius 2 is 2.16 bits per heavy atom. The lowest BCUT2D eigenvalue weighted by molar-refractivity contribution is 0.0950. The SMILES string of the molecule is NNc1ccc(C(=O)NCc2cccc(F)c2)cn1. The number of nitrogens with one attached hydrogen (secondary N) is 2. The Bertz CT molecular complexity index is 571. The number of carbonyl (C=O) groups excluding carboxylic acids is 1. The van der Waals surface area contributed by atoms with E-state index in [1.54, 1.807) is 24.3 Å². The first-order valence-corrected chi connectivity index (χ1v) is 5.64. The summed E-state index contributed by atoms with van der Waals surface area (Å²) in [4.78, 5) is 15.7. The number of halogens is 1. The van der Waals surface area contributed by atoms with E-state index < -0.39 is 0 Å². The van der Waals surface area contributed by atoms with Crippen molar-refractivity contribution >= 4 is 11.7 Å². The molecule has 0 saturated carbocycles. The summed E-state index contributed by atoms with van der Waals surface area (Å²) < 4.78 is 13.0. The van der Waals surface area contributed by atoms with Gasteiger partial charge in [-0.25, -0.2) is 15.2 Å². The fourth-order valence-corrected chi connectivity index (χ4v) is 1.54. The molecule has 1 amide bonds. The third kappa shape index (κ3) is 3.49. The maximum absolute atomic E-state index is 13.0. The number of hydrogen-bond donors (Lipinski definition) is 3. The van der Waals surface area contributed by atoms with Crippen molar-refractivity contribution in [3.63, 3.8) is 0 Å². The van der Waals surface area contributed by atoms with Crippen LogP contribution < -0.4 is 16.6 Å². The first kappa shape index (κ1) is 13.0. The van der Waals surface area contributed by atoms with Crippen LogP contribution in [0.5, 0.6) is 0 Å². The molecule has 0 bridgehead atoms. The monoisotopic (exact) mass is 260 g/mol. The molecule has 2 rings (SSSR count). The average molecular weight is 260 g/mol. The summed E-state index contributed by atoms with van der Waals surface area (Å²) in [6.45, 7) is 0.257. The van der Waals surface area contributed by atoms with E-state index in [1.807, 2.05) is 0 Å². The molecule has 19 heavy (non-hydrogen) atoms. The van der Waals surface area contributed by atoms with E-state index in [-0.39, 0.29) is 18.3 Å². The number of benzene rings is 1. The molecular formula is C13H13FN4O. The van der Waals surface area contributed by atoms with Gasteiger partial charge < -0.3 is 10.7 Å². The average Bonchev–Trinajstić information content (AvgIpc) is 2.45. The topological polar surface area (TPSA) is 80.0 Å². The maximum Gasteiger partial charge on any atom is 0.253 e. The second kappa shape index (κ2) is 5.92. The molecular weight excluding hydrogens is 247 g/mol. The van der Waals surface area contributed by atoms with E-state index in [1.165, 1.54) is 18.3 Å². The highest BCUT2D eigenvalue weighted by Gasteiger charge is 2.06. The van der Waals surface area contributed by atoms with Crippen LogP contribution in [0.15, 0.2) is 42.6 Å². The minimum Gasteiger partial charge on any atom is -0.348 e. The van der Waals surface area contributed by atoms with Crippen molar-refractivity contribution in [2.24, 2.45) is 5.84 Å². The quantitative estimate of drug-likeness (QED) is 0.574. The Labute approximate surface area is 109 Å². The standard InChI is InChI=1S/C13H13FN4O/c14-11-3-1-2-9(6-11)7-17-13(19)10-4-5-12(18-15)16-8-10/h1-6,8H,7,15H2,(H,16,18)(H,17,19). The summed E-state index contributed by atoms with van der Waals surface area (Å²) in [5.74, 6) is 5.05. The summed E-state index contributed by atoms with van der Waals surface area (Å²) >= 11 is 0. The third-order valence-electron chi connectivity index (χ3n) is 2.52. The zero-order chi connectivity index (χ0) is 13.7. The van der Waals surface area contributed by atoms with E-state index in [0.717, 1.165) is 0 Å². The molecule has 4 N–H and O–H groups in total.